The van der Waals surface area contributed by atoms with Crippen molar-refractivity contribution in [3.8, 4) is 0 Å². The van der Waals surface area contributed by atoms with Gasteiger partial charge < -0.3 is 9.64 Å². The number of hydrogen-bond donors (Lipinski definition) is 0. The molecule has 0 aromatic heterocycles. The van der Waals surface area contributed by atoms with Gasteiger partial charge in [-0.15, -0.1) is 0 Å². The van der Waals surface area contributed by atoms with Crippen LogP contribution in [0.2, 0.25) is 5.02 Å². The maximum absolute atomic E-state index is 12.6. The molecule has 1 aromatic carbocycles. The molecule has 1 aromatic rings. The molecule has 3 nitrogen and oxygen atoms in total. The molecule has 20 heavy (non-hydrogen) atoms. The number of hydrogen-bond acceptors (Lipinski definition) is 2. The molecule has 108 valence electrons. The molecule has 2 unspecified atom stereocenters. The molecule has 2 atom stereocenters. The van der Waals surface area contributed by atoms with Gasteiger partial charge in [0.2, 0.25) is 5.91 Å². The quantitative estimate of drug-likeness (QED) is 0.782. The normalized spacial score (nSPS) is 23.8. The summed E-state index contributed by atoms with van der Waals surface area (Å²) in [6, 6.07) is 7.69. The second-order valence-corrected chi connectivity index (χ2v) is 5.76. The van der Waals surface area contributed by atoms with Gasteiger partial charge in [0, 0.05) is 10.6 Å². The number of amides is 1. The highest BCUT2D eigenvalue weighted by Crippen LogP contribution is 2.18. The van der Waals surface area contributed by atoms with Crippen molar-refractivity contribution in [3.05, 3.63) is 40.4 Å². The zero-order valence-corrected chi connectivity index (χ0v) is 12.9. The van der Waals surface area contributed by atoms with Crippen LogP contribution in [0.3, 0.4) is 0 Å². The largest absolute Gasteiger partial charge is 0.377 e. The van der Waals surface area contributed by atoms with Gasteiger partial charge in [-0.05, 0) is 44.5 Å². The first-order valence-corrected chi connectivity index (χ1v) is 7.21. The number of halogens is 1. The summed E-state index contributed by atoms with van der Waals surface area (Å²) in [6.07, 6.45) is 1.90. The third kappa shape index (κ3) is 3.41. The molecule has 0 saturated carbocycles. The Bertz CT molecular complexity index is 500. The highest BCUT2D eigenvalue weighted by Gasteiger charge is 2.30. The van der Waals surface area contributed by atoms with Gasteiger partial charge in [-0.2, -0.15) is 0 Å². The standard InChI is InChI=1S/C16H20ClNO2/c1-11(8-14-4-6-15(17)7-5-14)16(19)18-12(2)9-20-10-13(18)3/h4-8,12-13H,9-10H2,1-3H3/b11-8+. The predicted molar refractivity (Wildman–Crippen MR) is 81.7 cm³/mol. The Morgan fingerprint density at radius 3 is 2.35 bits per heavy atom. The van der Waals surface area contributed by atoms with Crippen molar-refractivity contribution in [2.75, 3.05) is 13.2 Å². The van der Waals surface area contributed by atoms with Crippen LogP contribution in [-0.4, -0.2) is 36.1 Å². The number of carbonyl (C=O) groups is 1. The number of nitrogens with zero attached hydrogens (tertiary/aromatic N) is 1. The van der Waals surface area contributed by atoms with Gasteiger partial charge in [-0.25, -0.2) is 0 Å². The summed E-state index contributed by atoms with van der Waals surface area (Å²) in [7, 11) is 0. The molecule has 0 spiro atoms. The van der Waals surface area contributed by atoms with Crippen molar-refractivity contribution in [1.29, 1.82) is 0 Å². The molecular formula is C16H20ClNO2. The second-order valence-electron chi connectivity index (χ2n) is 5.33. The third-order valence-corrected chi connectivity index (χ3v) is 3.74. The van der Waals surface area contributed by atoms with Gasteiger partial charge in [0.1, 0.15) is 0 Å². The Morgan fingerprint density at radius 2 is 1.80 bits per heavy atom. The van der Waals surface area contributed by atoms with Crippen molar-refractivity contribution < 1.29 is 9.53 Å². The van der Waals surface area contributed by atoms with Gasteiger partial charge in [0.05, 0.1) is 25.3 Å². The fraction of sp³-hybridized carbons (Fsp3) is 0.438. The number of benzene rings is 1. The van der Waals surface area contributed by atoms with Gasteiger partial charge >= 0.3 is 0 Å². The summed E-state index contributed by atoms with van der Waals surface area (Å²) in [5.41, 5.74) is 1.71. The number of ether oxygens (including phenoxy) is 1. The zero-order valence-electron chi connectivity index (χ0n) is 12.1. The summed E-state index contributed by atoms with van der Waals surface area (Å²) < 4.78 is 5.46. The molecule has 1 fully saturated rings. The molecule has 2 rings (SSSR count). The van der Waals surface area contributed by atoms with Crippen molar-refractivity contribution in [1.82, 2.24) is 4.90 Å². The van der Waals surface area contributed by atoms with Crippen LogP contribution < -0.4 is 0 Å². The van der Waals surface area contributed by atoms with Gasteiger partial charge in [-0.1, -0.05) is 23.7 Å². The molecule has 0 N–H and O–H groups in total. The minimum absolute atomic E-state index is 0.0725. The van der Waals surface area contributed by atoms with E-state index in [-0.39, 0.29) is 18.0 Å². The lowest BCUT2D eigenvalue weighted by molar-refractivity contribution is -0.139. The number of morpholine rings is 1. The monoisotopic (exact) mass is 293 g/mol. The highest BCUT2D eigenvalue weighted by molar-refractivity contribution is 6.30. The zero-order chi connectivity index (χ0) is 14.7. The van der Waals surface area contributed by atoms with E-state index in [9.17, 15) is 4.79 Å². The van der Waals surface area contributed by atoms with E-state index in [2.05, 4.69) is 0 Å². The fourth-order valence-electron chi connectivity index (χ4n) is 2.48. The lowest BCUT2D eigenvalue weighted by Gasteiger charge is -2.39. The molecule has 1 heterocycles. The molecular weight excluding hydrogens is 274 g/mol. The SMILES string of the molecule is C/C(=C\c1ccc(Cl)cc1)C(=O)N1C(C)COCC1C. The topological polar surface area (TPSA) is 29.5 Å². The smallest absolute Gasteiger partial charge is 0.250 e. The Kier molecular flexibility index (Phi) is 4.84. The van der Waals surface area contributed by atoms with Crippen LogP contribution in [0.1, 0.15) is 26.3 Å². The van der Waals surface area contributed by atoms with Crippen LogP contribution in [0.15, 0.2) is 29.8 Å². The van der Waals surface area contributed by atoms with E-state index >= 15 is 0 Å². The third-order valence-electron chi connectivity index (χ3n) is 3.49. The molecule has 0 bridgehead atoms. The lowest BCUT2D eigenvalue weighted by atomic mass is 10.1. The van der Waals surface area contributed by atoms with Crippen LogP contribution in [0.4, 0.5) is 0 Å². The van der Waals surface area contributed by atoms with Gasteiger partial charge in [0.25, 0.3) is 0 Å². The maximum atomic E-state index is 12.6. The van der Waals surface area contributed by atoms with Crippen molar-refractivity contribution in [2.45, 2.75) is 32.9 Å². The predicted octanol–water partition coefficient (Wildman–Crippen LogP) is 3.38. The van der Waals surface area contributed by atoms with Crippen molar-refractivity contribution >= 4 is 23.6 Å². The average Bonchev–Trinajstić information content (AvgIpc) is 2.41. The maximum Gasteiger partial charge on any atom is 0.250 e. The molecule has 0 aliphatic carbocycles. The van der Waals surface area contributed by atoms with Crippen molar-refractivity contribution in [3.63, 3.8) is 0 Å². The summed E-state index contributed by atoms with van der Waals surface area (Å²) in [5, 5.41) is 0.696. The van der Waals surface area contributed by atoms with Gasteiger partial charge in [0.15, 0.2) is 0 Å². The first kappa shape index (κ1) is 15.1. The van der Waals surface area contributed by atoms with E-state index in [1.165, 1.54) is 0 Å². The van der Waals surface area contributed by atoms with Crippen LogP contribution in [0.5, 0.6) is 0 Å². The summed E-state index contributed by atoms with van der Waals surface area (Å²) in [6.45, 7) is 7.09. The molecule has 1 saturated heterocycles. The Labute approximate surface area is 125 Å². The fourth-order valence-corrected chi connectivity index (χ4v) is 2.60. The van der Waals surface area contributed by atoms with Crippen molar-refractivity contribution in [2.24, 2.45) is 0 Å². The summed E-state index contributed by atoms with van der Waals surface area (Å²) >= 11 is 5.86. The first-order valence-electron chi connectivity index (χ1n) is 6.83. The number of carbonyl (C=O) groups excluding carboxylic acids is 1. The van der Waals surface area contributed by atoms with E-state index in [4.69, 9.17) is 16.3 Å². The minimum atomic E-state index is 0.0725. The van der Waals surface area contributed by atoms with E-state index in [0.29, 0.717) is 18.2 Å². The molecule has 1 aliphatic rings. The highest BCUT2D eigenvalue weighted by atomic mass is 35.5. The lowest BCUT2D eigenvalue weighted by Crippen LogP contribution is -2.52. The van der Waals surface area contributed by atoms with E-state index in [1.807, 2.05) is 56.0 Å². The molecule has 1 aliphatic heterocycles. The molecule has 0 radical (unpaired) electrons. The number of rotatable bonds is 2. The Balaban J connectivity index is 2.16. The second kappa shape index (κ2) is 6.42. The van der Waals surface area contributed by atoms with E-state index in [1.54, 1.807) is 0 Å². The van der Waals surface area contributed by atoms with Gasteiger partial charge in [-0.3, -0.25) is 4.79 Å². The van der Waals surface area contributed by atoms with Crippen LogP contribution in [-0.2, 0) is 9.53 Å². The first-order chi connectivity index (χ1) is 9.49. The Morgan fingerprint density at radius 1 is 1.25 bits per heavy atom. The molecule has 1 amide bonds. The summed E-state index contributed by atoms with van der Waals surface area (Å²) in [5.74, 6) is 0.0725. The van der Waals surface area contributed by atoms with Crippen LogP contribution in [0.25, 0.3) is 6.08 Å². The van der Waals surface area contributed by atoms with Crippen LogP contribution >= 0.6 is 11.6 Å². The average molecular weight is 294 g/mol. The minimum Gasteiger partial charge on any atom is -0.377 e. The molecule has 4 heteroatoms. The van der Waals surface area contributed by atoms with Crippen LogP contribution in [0, 0.1) is 0 Å². The Hall–Kier alpha value is -1.32. The van der Waals surface area contributed by atoms with E-state index < -0.39 is 0 Å². The summed E-state index contributed by atoms with van der Waals surface area (Å²) in [4.78, 5) is 14.5. The van der Waals surface area contributed by atoms with E-state index in [0.717, 1.165) is 11.1 Å².